The first-order valence-corrected chi connectivity index (χ1v) is 7.73. The molecule has 2 nitrogen and oxygen atoms in total. The van der Waals surface area contributed by atoms with E-state index in [9.17, 15) is 4.79 Å². The van der Waals surface area contributed by atoms with E-state index in [1.807, 2.05) is 18.2 Å². The summed E-state index contributed by atoms with van der Waals surface area (Å²) in [7, 11) is 0. The van der Waals surface area contributed by atoms with Gasteiger partial charge in [0.15, 0.2) is 5.76 Å². The quantitative estimate of drug-likeness (QED) is 0.723. The first-order valence-electron chi connectivity index (χ1n) is 7.73. The zero-order chi connectivity index (χ0) is 14.1. The molecule has 1 aromatic heterocycles. The normalized spacial score (nSPS) is 23.1. The number of hydrogen-bond acceptors (Lipinski definition) is 2. The van der Waals surface area contributed by atoms with Crippen molar-refractivity contribution < 1.29 is 9.21 Å². The standard InChI is InChI=1S/C18H22O2/c1-3-13-6-4-5-7-15(13)18(19)17-11-14-10-12(2)8-9-16(14)20-17/h8-11,13,15H,3-7H2,1-2H3. The molecule has 106 valence electrons. The Morgan fingerprint density at radius 2 is 2.05 bits per heavy atom. The molecule has 0 radical (unpaired) electrons. The van der Waals surface area contributed by atoms with Crippen LogP contribution in [0.3, 0.4) is 0 Å². The molecule has 0 N–H and O–H groups in total. The zero-order valence-electron chi connectivity index (χ0n) is 12.3. The fourth-order valence-corrected chi connectivity index (χ4v) is 3.51. The second kappa shape index (κ2) is 5.43. The molecule has 0 amide bonds. The lowest BCUT2D eigenvalue weighted by molar-refractivity contribution is 0.0793. The zero-order valence-corrected chi connectivity index (χ0v) is 12.3. The van der Waals surface area contributed by atoms with Crippen molar-refractivity contribution in [1.82, 2.24) is 0 Å². The van der Waals surface area contributed by atoms with Crippen LogP contribution < -0.4 is 0 Å². The minimum absolute atomic E-state index is 0.162. The van der Waals surface area contributed by atoms with E-state index < -0.39 is 0 Å². The fraction of sp³-hybridized carbons (Fsp3) is 0.500. The summed E-state index contributed by atoms with van der Waals surface area (Å²) < 4.78 is 5.78. The van der Waals surface area contributed by atoms with Crippen molar-refractivity contribution in [2.75, 3.05) is 0 Å². The van der Waals surface area contributed by atoms with Crippen molar-refractivity contribution >= 4 is 16.8 Å². The van der Waals surface area contributed by atoms with Gasteiger partial charge in [0, 0.05) is 11.3 Å². The van der Waals surface area contributed by atoms with Gasteiger partial charge in [-0.15, -0.1) is 0 Å². The summed E-state index contributed by atoms with van der Waals surface area (Å²) in [5.41, 5.74) is 2.02. The van der Waals surface area contributed by atoms with Crippen LogP contribution in [-0.4, -0.2) is 5.78 Å². The number of ketones is 1. The van der Waals surface area contributed by atoms with Crippen LogP contribution in [0.5, 0.6) is 0 Å². The molecular weight excluding hydrogens is 248 g/mol. The lowest BCUT2D eigenvalue weighted by Gasteiger charge is -2.28. The average Bonchev–Trinajstić information content (AvgIpc) is 2.89. The Labute approximate surface area is 120 Å². The van der Waals surface area contributed by atoms with E-state index in [1.54, 1.807) is 0 Å². The molecule has 2 atom stereocenters. The predicted octanol–water partition coefficient (Wildman–Crippen LogP) is 5.14. The third kappa shape index (κ3) is 2.39. The van der Waals surface area contributed by atoms with Crippen molar-refractivity contribution in [2.45, 2.75) is 46.0 Å². The Hall–Kier alpha value is -1.57. The van der Waals surface area contributed by atoms with Gasteiger partial charge in [-0.25, -0.2) is 0 Å². The lowest BCUT2D eigenvalue weighted by Crippen LogP contribution is -2.26. The van der Waals surface area contributed by atoms with E-state index in [0.29, 0.717) is 11.7 Å². The number of hydrogen-bond donors (Lipinski definition) is 0. The molecule has 1 aromatic carbocycles. The highest BCUT2D eigenvalue weighted by molar-refractivity contribution is 5.99. The van der Waals surface area contributed by atoms with Crippen molar-refractivity contribution in [3.8, 4) is 0 Å². The minimum atomic E-state index is 0.162. The van der Waals surface area contributed by atoms with Gasteiger partial charge in [0.1, 0.15) is 5.58 Å². The topological polar surface area (TPSA) is 30.2 Å². The van der Waals surface area contributed by atoms with Gasteiger partial charge in [0.25, 0.3) is 0 Å². The first-order chi connectivity index (χ1) is 9.69. The minimum Gasteiger partial charge on any atom is -0.453 e. The molecule has 0 saturated heterocycles. The number of Topliss-reactive ketones (excluding diaryl/α,β-unsaturated/α-hetero) is 1. The molecule has 2 aromatic rings. The highest BCUT2D eigenvalue weighted by Crippen LogP contribution is 2.35. The molecule has 1 saturated carbocycles. The van der Waals surface area contributed by atoms with Gasteiger partial charge in [-0.3, -0.25) is 4.79 Å². The van der Waals surface area contributed by atoms with E-state index in [2.05, 4.69) is 19.9 Å². The molecule has 2 unspecified atom stereocenters. The van der Waals surface area contributed by atoms with Crippen LogP contribution in [0.2, 0.25) is 0 Å². The van der Waals surface area contributed by atoms with Gasteiger partial charge < -0.3 is 4.42 Å². The lowest BCUT2D eigenvalue weighted by atomic mass is 9.75. The Bertz CT molecular complexity index is 623. The van der Waals surface area contributed by atoms with Crippen LogP contribution in [-0.2, 0) is 0 Å². The molecule has 3 rings (SSSR count). The van der Waals surface area contributed by atoms with Gasteiger partial charge in [0.05, 0.1) is 0 Å². The van der Waals surface area contributed by atoms with Crippen LogP contribution in [0.25, 0.3) is 11.0 Å². The Kier molecular flexibility index (Phi) is 3.64. The number of rotatable bonds is 3. The van der Waals surface area contributed by atoms with Gasteiger partial charge >= 0.3 is 0 Å². The summed E-state index contributed by atoms with van der Waals surface area (Å²) in [6.45, 7) is 4.25. The highest BCUT2D eigenvalue weighted by Gasteiger charge is 2.31. The Balaban J connectivity index is 1.91. The monoisotopic (exact) mass is 270 g/mol. The van der Waals surface area contributed by atoms with Crippen LogP contribution in [0.15, 0.2) is 28.7 Å². The van der Waals surface area contributed by atoms with Gasteiger partial charge in [-0.05, 0) is 43.9 Å². The number of carbonyl (C=O) groups excluding carboxylic acids is 1. The number of aryl methyl sites for hydroxylation is 1. The van der Waals surface area contributed by atoms with Crippen molar-refractivity contribution in [3.63, 3.8) is 0 Å². The molecule has 20 heavy (non-hydrogen) atoms. The second-order valence-electron chi connectivity index (χ2n) is 6.08. The van der Waals surface area contributed by atoms with Crippen molar-refractivity contribution in [2.24, 2.45) is 11.8 Å². The molecule has 0 bridgehead atoms. The SMILES string of the molecule is CCC1CCCCC1C(=O)c1cc2cc(C)ccc2o1. The molecular formula is C18H22O2. The van der Waals surface area contributed by atoms with Crippen LogP contribution in [0, 0.1) is 18.8 Å². The molecule has 0 aliphatic heterocycles. The number of benzene rings is 1. The third-order valence-corrected chi connectivity index (χ3v) is 4.68. The predicted molar refractivity (Wildman–Crippen MR) is 81.0 cm³/mol. The van der Waals surface area contributed by atoms with Crippen molar-refractivity contribution in [3.05, 3.63) is 35.6 Å². The van der Waals surface area contributed by atoms with Gasteiger partial charge in [-0.2, -0.15) is 0 Å². The summed E-state index contributed by atoms with van der Waals surface area (Å²) in [5.74, 6) is 1.46. The Morgan fingerprint density at radius 3 is 2.85 bits per heavy atom. The molecule has 1 aliphatic rings. The maximum Gasteiger partial charge on any atom is 0.201 e. The summed E-state index contributed by atoms with van der Waals surface area (Å²) in [6.07, 6.45) is 5.74. The number of furan rings is 1. The molecule has 1 aliphatic carbocycles. The third-order valence-electron chi connectivity index (χ3n) is 4.68. The van der Waals surface area contributed by atoms with E-state index in [1.165, 1.54) is 24.8 Å². The Morgan fingerprint density at radius 1 is 1.25 bits per heavy atom. The van der Waals surface area contributed by atoms with E-state index >= 15 is 0 Å². The summed E-state index contributed by atoms with van der Waals surface area (Å²) in [6, 6.07) is 7.98. The maximum absolute atomic E-state index is 12.7. The molecule has 2 heteroatoms. The van der Waals surface area contributed by atoms with Crippen LogP contribution >= 0.6 is 0 Å². The largest absolute Gasteiger partial charge is 0.453 e. The molecule has 0 spiro atoms. The molecule has 1 heterocycles. The van der Waals surface area contributed by atoms with Crippen LogP contribution in [0.1, 0.15) is 55.1 Å². The highest BCUT2D eigenvalue weighted by atomic mass is 16.3. The number of carbonyl (C=O) groups is 1. The first kappa shape index (κ1) is 13.4. The fourth-order valence-electron chi connectivity index (χ4n) is 3.51. The smallest absolute Gasteiger partial charge is 0.201 e. The maximum atomic E-state index is 12.7. The summed E-state index contributed by atoms with van der Waals surface area (Å²) in [5, 5.41) is 1.04. The summed E-state index contributed by atoms with van der Waals surface area (Å²) >= 11 is 0. The summed E-state index contributed by atoms with van der Waals surface area (Å²) in [4.78, 5) is 12.7. The van der Waals surface area contributed by atoms with E-state index in [4.69, 9.17) is 4.42 Å². The van der Waals surface area contributed by atoms with E-state index in [-0.39, 0.29) is 11.7 Å². The second-order valence-corrected chi connectivity index (χ2v) is 6.08. The average molecular weight is 270 g/mol. The van der Waals surface area contributed by atoms with Gasteiger partial charge in [0.2, 0.25) is 5.78 Å². The molecule has 1 fully saturated rings. The van der Waals surface area contributed by atoms with Gasteiger partial charge in [-0.1, -0.05) is 37.8 Å². The van der Waals surface area contributed by atoms with E-state index in [0.717, 1.165) is 23.8 Å². The van der Waals surface area contributed by atoms with Crippen molar-refractivity contribution in [1.29, 1.82) is 0 Å². The van der Waals surface area contributed by atoms with Crippen LogP contribution in [0.4, 0.5) is 0 Å². The number of fused-ring (bicyclic) bond motifs is 1.